The van der Waals surface area contributed by atoms with Gasteiger partial charge in [0.1, 0.15) is 0 Å². The number of hydrogen-bond donors (Lipinski definition) is 1. The molecular formula is C19H30N2. The Kier molecular flexibility index (Phi) is 5.10. The van der Waals surface area contributed by atoms with Crippen LogP contribution in [0.3, 0.4) is 0 Å². The van der Waals surface area contributed by atoms with Gasteiger partial charge in [-0.2, -0.15) is 0 Å². The van der Waals surface area contributed by atoms with E-state index in [-0.39, 0.29) is 0 Å². The summed E-state index contributed by atoms with van der Waals surface area (Å²) in [6, 6.07) is 9.05. The Balaban J connectivity index is 2.09. The van der Waals surface area contributed by atoms with Crippen molar-refractivity contribution in [3.8, 4) is 0 Å². The average Bonchev–Trinajstić information content (AvgIpc) is 2.77. The summed E-state index contributed by atoms with van der Waals surface area (Å²) >= 11 is 0. The molecule has 0 bridgehead atoms. The van der Waals surface area contributed by atoms with Crippen LogP contribution >= 0.6 is 0 Å². The molecule has 2 aromatic rings. The summed E-state index contributed by atoms with van der Waals surface area (Å²) in [5.74, 6) is 0.698. The van der Waals surface area contributed by atoms with E-state index < -0.39 is 0 Å². The highest BCUT2D eigenvalue weighted by molar-refractivity contribution is 5.80. The van der Waals surface area contributed by atoms with Crippen LogP contribution in [0.1, 0.15) is 46.6 Å². The van der Waals surface area contributed by atoms with E-state index in [2.05, 4.69) is 75.0 Å². The molecule has 2 rings (SSSR count). The molecule has 0 aliphatic rings. The number of benzene rings is 1. The number of hydrogen-bond acceptors (Lipinski definition) is 1. The van der Waals surface area contributed by atoms with Crippen LogP contribution in [0.25, 0.3) is 10.9 Å². The molecule has 0 saturated heterocycles. The van der Waals surface area contributed by atoms with Gasteiger partial charge < -0.3 is 9.88 Å². The summed E-state index contributed by atoms with van der Waals surface area (Å²) < 4.78 is 2.40. The Morgan fingerprint density at radius 2 is 1.90 bits per heavy atom. The average molecular weight is 286 g/mol. The van der Waals surface area contributed by atoms with Gasteiger partial charge in [-0.25, -0.2) is 0 Å². The molecule has 1 N–H and O–H groups in total. The van der Waals surface area contributed by atoms with Crippen LogP contribution in [0.15, 0.2) is 30.5 Å². The summed E-state index contributed by atoms with van der Waals surface area (Å²) in [7, 11) is 0. The van der Waals surface area contributed by atoms with Crippen LogP contribution in [-0.4, -0.2) is 11.1 Å². The van der Waals surface area contributed by atoms with Gasteiger partial charge in [-0.1, -0.05) is 46.8 Å². The van der Waals surface area contributed by atoms with E-state index in [1.807, 2.05) is 0 Å². The van der Waals surface area contributed by atoms with E-state index in [4.69, 9.17) is 0 Å². The van der Waals surface area contributed by atoms with Gasteiger partial charge in [-0.3, -0.25) is 0 Å². The molecule has 0 saturated carbocycles. The van der Waals surface area contributed by atoms with Crippen molar-refractivity contribution >= 4 is 10.9 Å². The molecule has 0 unspecified atom stereocenters. The lowest BCUT2D eigenvalue weighted by molar-refractivity contribution is 0.353. The smallest absolute Gasteiger partial charge is 0.0483 e. The minimum Gasteiger partial charge on any atom is -0.347 e. The molecular weight excluding hydrogens is 256 g/mol. The highest BCUT2D eigenvalue weighted by atomic mass is 15.0. The molecule has 21 heavy (non-hydrogen) atoms. The topological polar surface area (TPSA) is 17.0 Å². The van der Waals surface area contributed by atoms with Gasteiger partial charge in [0.15, 0.2) is 0 Å². The first-order valence-electron chi connectivity index (χ1n) is 8.14. The van der Waals surface area contributed by atoms with Crippen LogP contribution in [0, 0.1) is 11.3 Å². The second kappa shape index (κ2) is 6.65. The Hall–Kier alpha value is -1.28. The fourth-order valence-electron chi connectivity index (χ4n) is 2.50. The lowest BCUT2D eigenvalue weighted by Crippen LogP contribution is -2.18. The quantitative estimate of drug-likeness (QED) is 0.805. The van der Waals surface area contributed by atoms with Gasteiger partial charge in [0.25, 0.3) is 0 Å². The molecule has 2 nitrogen and oxygen atoms in total. The molecule has 0 radical (unpaired) electrons. The van der Waals surface area contributed by atoms with E-state index >= 15 is 0 Å². The van der Waals surface area contributed by atoms with E-state index in [0.29, 0.717) is 11.3 Å². The van der Waals surface area contributed by atoms with Crippen molar-refractivity contribution in [2.45, 2.75) is 54.1 Å². The molecule has 1 heterocycles. The maximum absolute atomic E-state index is 3.52. The zero-order valence-corrected chi connectivity index (χ0v) is 14.2. The number of nitrogens with zero attached hydrogens (tertiary/aromatic N) is 1. The van der Waals surface area contributed by atoms with Gasteiger partial charge in [-0.05, 0) is 47.4 Å². The van der Waals surface area contributed by atoms with Crippen LogP contribution in [0.4, 0.5) is 0 Å². The van der Waals surface area contributed by atoms with Crippen molar-refractivity contribution < 1.29 is 0 Å². The van der Waals surface area contributed by atoms with Gasteiger partial charge in [-0.15, -0.1) is 0 Å². The zero-order valence-electron chi connectivity index (χ0n) is 14.2. The summed E-state index contributed by atoms with van der Waals surface area (Å²) in [5.41, 5.74) is 3.12. The first kappa shape index (κ1) is 16.1. The summed E-state index contributed by atoms with van der Waals surface area (Å²) in [5, 5.41) is 4.87. The lowest BCUT2D eigenvalue weighted by Gasteiger charge is -2.18. The molecule has 116 valence electrons. The largest absolute Gasteiger partial charge is 0.347 e. The Labute approximate surface area is 129 Å². The predicted molar refractivity (Wildman–Crippen MR) is 92.6 cm³/mol. The van der Waals surface area contributed by atoms with Crippen LogP contribution in [0.2, 0.25) is 0 Å². The van der Waals surface area contributed by atoms with Gasteiger partial charge in [0.2, 0.25) is 0 Å². The van der Waals surface area contributed by atoms with Gasteiger partial charge in [0, 0.05) is 24.8 Å². The number of nitrogens with one attached hydrogen (secondary N) is 1. The number of aryl methyl sites for hydroxylation is 1. The normalized spacial score (nSPS) is 12.5. The molecule has 2 heteroatoms. The fraction of sp³-hybridized carbons (Fsp3) is 0.579. The summed E-state index contributed by atoms with van der Waals surface area (Å²) in [4.78, 5) is 0. The molecule has 1 aromatic carbocycles. The Morgan fingerprint density at radius 1 is 1.14 bits per heavy atom. The van der Waals surface area contributed by atoms with Crippen molar-refractivity contribution in [1.29, 1.82) is 0 Å². The highest BCUT2D eigenvalue weighted by Crippen LogP contribution is 2.23. The zero-order chi connectivity index (χ0) is 15.5. The Bertz CT molecular complexity index is 573. The molecule has 0 aliphatic heterocycles. The number of rotatable bonds is 6. The first-order valence-corrected chi connectivity index (χ1v) is 8.14. The Morgan fingerprint density at radius 3 is 2.57 bits per heavy atom. The monoisotopic (exact) mass is 286 g/mol. The van der Waals surface area contributed by atoms with Crippen molar-refractivity contribution in [1.82, 2.24) is 9.88 Å². The standard InChI is InChI=1S/C19H30N2/c1-15(2)13-20-14-16-6-7-17-8-10-21(18(17)12-16)11-9-19(3,4)5/h6-8,10,12,15,20H,9,11,13-14H2,1-5H3. The van der Waals surface area contributed by atoms with Crippen molar-refractivity contribution in [3.63, 3.8) is 0 Å². The molecule has 0 fully saturated rings. The third-order valence-electron chi connectivity index (χ3n) is 3.82. The fourth-order valence-corrected chi connectivity index (χ4v) is 2.50. The second-order valence-corrected chi connectivity index (χ2v) is 7.74. The summed E-state index contributed by atoms with van der Waals surface area (Å²) in [6.45, 7) is 14.5. The van der Waals surface area contributed by atoms with Crippen molar-refractivity contribution in [2.24, 2.45) is 11.3 Å². The van der Waals surface area contributed by atoms with E-state index in [0.717, 1.165) is 19.6 Å². The molecule has 0 aliphatic carbocycles. The van der Waals surface area contributed by atoms with Gasteiger partial charge in [0.05, 0.1) is 0 Å². The highest BCUT2D eigenvalue weighted by Gasteiger charge is 2.11. The molecule has 0 spiro atoms. The number of fused-ring (bicyclic) bond motifs is 1. The van der Waals surface area contributed by atoms with Gasteiger partial charge >= 0.3 is 0 Å². The van der Waals surface area contributed by atoms with E-state index in [9.17, 15) is 0 Å². The number of aromatic nitrogens is 1. The van der Waals surface area contributed by atoms with Crippen molar-refractivity contribution in [2.75, 3.05) is 6.54 Å². The maximum atomic E-state index is 3.52. The molecule has 1 aromatic heterocycles. The van der Waals surface area contributed by atoms with Crippen LogP contribution in [-0.2, 0) is 13.1 Å². The van der Waals surface area contributed by atoms with E-state index in [1.54, 1.807) is 0 Å². The summed E-state index contributed by atoms with van der Waals surface area (Å²) in [6.07, 6.45) is 3.42. The third kappa shape index (κ3) is 4.89. The predicted octanol–water partition coefficient (Wildman–Crippen LogP) is 4.82. The van der Waals surface area contributed by atoms with E-state index in [1.165, 1.54) is 22.9 Å². The third-order valence-corrected chi connectivity index (χ3v) is 3.82. The minimum atomic E-state index is 0.382. The van der Waals surface area contributed by atoms with Crippen molar-refractivity contribution in [3.05, 3.63) is 36.0 Å². The lowest BCUT2D eigenvalue weighted by atomic mass is 9.92. The first-order chi connectivity index (χ1) is 9.85. The minimum absolute atomic E-state index is 0.382. The molecule has 0 atom stereocenters. The second-order valence-electron chi connectivity index (χ2n) is 7.74. The SMILES string of the molecule is CC(C)CNCc1ccc2ccn(CCC(C)(C)C)c2c1. The van der Waals surface area contributed by atoms with Crippen LogP contribution < -0.4 is 5.32 Å². The maximum Gasteiger partial charge on any atom is 0.0483 e. The molecule has 0 amide bonds. The van der Waals surface area contributed by atoms with Crippen LogP contribution in [0.5, 0.6) is 0 Å².